The summed E-state index contributed by atoms with van der Waals surface area (Å²) in [6.07, 6.45) is 0.315. The van der Waals surface area contributed by atoms with E-state index in [0.717, 1.165) is 6.54 Å². The minimum absolute atomic E-state index is 0.0451. The Kier molecular flexibility index (Phi) is 6.72. The summed E-state index contributed by atoms with van der Waals surface area (Å²) in [5.41, 5.74) is -0.217. The van der Waals surface area contributed by atoms with Gasteiger partial charge in [-0.2, -0.15) is 0 Å². The van der Waals surface area contributed by atoms with Gasteiger partial charge in [-0.25, -0.2) is 0 Å². The molecule has 0 unspecified atom stereocenters. The molecule has 0 aliphatic rings. The summed E-state index contributed by atoms with van der Waals surface area (Å²) in [6, 6.07) is 0. The van der Waals surface area contributed by atoms with E-state index in [2.05, 4.69) is 16.0 Å². The quantitative estimate of drug-likeness (QED) is 0.601. The Labute approximate surface area is 97.4 Å². The minimum Gasteiger partial charge on any atom is -0.354 e. The van der Waals surface area contributed by atoms with E-state index in [-0.39, 0.29) is 17.4 Å². The van der Waals surface area contributed by atoms with Crippen LogP contribution in [0.3, 0.4) is 0 Å². The Morgan fingerprint density at radius 1 is 1.12 bits per heavy atom. The van der Waals surface area contributed by atoms with Crippen molar-refractivity contribution in [3.05, 3.63) is 0 Å². The second kappa shape index (κ2) is 7.22. The second-order valence-corrected chi connectivity index (χ2v) is 4.68. The Balaban J connectivity index is 3.58. The first-order valence-corrected chi connectivity index (χ1v) is 5.63. The lowest BCUT2D eigenvalue weighted by atomic mass is 10.1. The summed E-state index contributed by atoms with van der Waals surface area (Å²) in [6.45, 7) is 9.16. The summed E-state index contributed by atoms with van der Waals surface area (Å²) in [5.74, 6) is -0.123. The van der Waals surface area contributed by atoms with Crippen LogP contribution < -0.4 is 16.0 Å². The highest BCUT2D eigenvalue weighted by Crippen LogP contribution is 1.98. The van der Waals surface area contributed by atoms with Gasteiger partial charge in [0.2, 0.25) is 11.8 Å². The normalized spacial score (nSPS) is 11.0. The van der Waals surface area contributed by atoms with Gasteiger partial charge in [-0.15, -0.1) is 0 Å². The average Bonchev–Trinajstić information content (AvgIpc) is 2.11. The van der Waals surface area contributed by atoms with Gasteiger partial charge in [0.1, 0.15) is 0 Å². The molecule has 2 amide bonds. The molecule has 94 valence electrons. The van der Waals surface area contributed by atoms with E-state index < -0.39 is 0 Å². The Bertz CT molecular complexity index is 234. The van der Waals surface area contributed by atoms with Gasteiger partial charge in [0.15, 0.2) is 0 Å². The number of likely N-dealkylation sites (N-methyl/N-ethyl adjacent to an activating group) is 1. The molecule has 0 aromatic heterocycles. The van der Waals surface area contributed by atoms with Gasteiger partial charge in [0, 0.05) is 18.5 Å². The van der Waals surface area contributed by atoms with Gasteiger partial charge in [0.25, 0.3) is 0 Å². The van der Waals surface area contributed by atoms with E-state index in [4.69, 9.17) is 0 Å². The maximum absolute atomic E-state index is 11.4. The molecule has 0 saturated carbocycles. The predicted molar refractivity (Wildman–Crippen MR) is 64.1 cm³/mol. The fraction of sp³-hybridized carbons (Fsp3) is 0.818. The predicted octanol–water partition coefficient (Wildman–Crippen LogP) is 0.0169. The molecule has 0 aromatic rings. The molecule has 5 heteroatoms. The van der Waals surface area contributed by atoms with Crippen LogP contribution in [-0.4, -0.2) is 37.0 Å². The van der Waals surface area contributed by atoms with Crippen LogP contribution in [0.2, 0.25) is 0 Å². The molecule has 5 nitrogen and oxygen atoms in total. The zero-order valence-electron chi connectivity index (χ0n) is 10.6. The van der Waals surface area contributed by atoms with Crippen molar-refractivity contribution in [2.75, 3.05) is 19.6 Å². The molecular weight excluding hydrogens is 206 g/mol. The highest BCUT2D eigenvalue weighted by atomic mass is 16.2. The molecule has 0 aliphatic carbocycles. The van der Waals surface area contributed by atoms with Crippen LogP contribution in [0.1, 0.15) is 34.1 Å². The maximum Gasteiger partial charge on any atom is 0.233 e. The van der Waals surface area contributed by atoms with E-state index in [1.54, 1.807) is 0 Å². The molecule has 0 spiro atoms. The average molecular weight is 229 g/mol. The highest BCUT2D eigenvalue weighted by Gasteiger charge is 2.13. The number of rotatable bonds is 6. The standard InChI is InChI=1S/C11H23N3O2/c1-5-12-8-10(16)13-7-6-9(15)14-11(2,3)4/h12H,5-8H2,1-4H3,(H,13,16)(H,14,15). The number of hydrogen-bond acceptors (Lipinski definition) is 3. The van der Waals surface area contributed by atoms with Crippen molar-refractivity contribution in [2.24, 2.45) is 0 Å². The van der Waals surface area contributed by atoms with Crippen LogP contribution in [0.5, 0.6) is 0 Å². The number of carbonyl (C=O) groups is 2. The SMILES string of the molecule is CCNCC(=O)NCCC(=O)NC(C)(C)C. The topological polar surface area (TPSA) is 70.2 Å². The first-order valence-electron chi connectivity index (χ1n) is 5.63. The number of nitrogens with one attached hydrogen (secondary N) is 3. The van der Waals surface area contributed by atoms with Gasteiger partial charge in [-0.3, -0.25) is 9.59 Å². The maximum atomic E-state index is 11.4. The van der Waals surface area contributed by atoms with Gasteiger partial charge in [0.05, 0.1) is 6.54 Å². The molecule has 0 aromatic carbocycles. The Morgan fingerprint density at radius 2 is 1.75 bits per heavy atom. The van der Waals surface area contributed by atoms with Crippen LogP contribution in [-0.2, 0) is 9.59 Å². The lowest BCUT2D eigenvalue weighted by molar-refractivity contribution is -0.122. The monoisotopic (exact) mass is 229 g/mol. The van der Waals surface area contributed by atoms with Crippen LogP contribution in [0.25, 0.3) is 0 Å². The summed E-state index contributed by atoms with van der Waals surface area (Å²) in [4.78, 5) is 22.5. The van der Waals surface area contributed by atoms with Crippen molar-refractivity contribution in [1.29, 1.82) is 0 Å². The third-order valence-corrected chi connectivity index (χ3v) is 1.72. The molecule has 0 atom stereocenters. The second-order valence-electron chi connectivity index (χ2n) is 4.68. The van der Waals surface area contributed by atoms with E-state index in [1.165, 1.54) is 0 Å². The molecule has 0 aliphatic heterocycles. The lowest BCUT2D eigenvalue weighted by Crippen LogP contribution is -2.42. The van der Waals surface area contributed by atoms with Crippen molar-refractivity contribution >= 4 is 11.8 Å². The van der Waals surface area contributed by atoms with Crippen molar-refractivity contribution in [3.63, 3.8) is 0 Å². The largest absolute Gasteiger partial charge is 0.354 e. The first-order chi connectivity index (χ1) is 7.35. The number of amides is 2. The summed E-state index contributed by atoms with van der Waals surface area (Å²) in [7, 11) is 0. The fourth-order valence-corrected chi connectivity index (χ4v) is 1.10. The first kappa shape index (κ1) is 14.9. The smallest absolute Gasteiger partial charge is 0.233 e. The summed E-state index contributed by atoms with van der Waals surface area (Å²) in [5, 5.41) is 8.41. The van der Waals surface area contributed by atoms with Crippen LogP contribution in [0, 0.1) is 0 Å². The van der Waals surface area contributed by atoms with Crippen LogP contribution in [0.15, 0.2) is 0 Å². The van der Waals surface area contributed by atoms with Crippen LogP contribution in [0.4, 0.5) is 0 Å². The van der Waals surface area contributed by atoms with Gasteiger partial charge in [-0.1, -0.05) is 6.92 Å². The molecule has 0 bridgehead atoms. The minimum atomic E-state index is -0.217. The van der Waals surface area contributed by atoms with E-state index in [0.29, 0.717) is 19.5 Å². The van der Waals surface area contributed by atoms with Crippen LogP contribution >= 0.6 is 0 Å². The van der Waals surface area contributed by atoms with E-state index >= 15 is 0 Å². The lowest BCUT2D eigenvalue weighted by Gasteiger charge is -2.20. The third-order valence-electron chi connectivity index (χ3n) is 1.72. The van der Waals surface area contributed by atoms with Crippen molar-refractivity contribution < 1.29 is 9.59 Å². The molecular formula is C11H23N3O2. The van der Waals surface area contributed by atoms with Gasteiger partial charge >= 0.3 is 0 Å². The van der Waals surface area contributed by atoms with Crippen molar-refractivity contribution in [2.45, 2.75) is 39.7 Å². The third kappa shape index (κ3) is 9.45. The Hall–Kier alpha value is -1.10. The highest BCUT2D eigenvalue weighted by molar-refractivity contribution is 5.80. The molecule has 0 saturated heterocycles. The zero-order chi connectivity index (χ0) is 12.6. The summed E-state index contributed by atoms with van der Waals surface area (Å²) < 4.78 is 0. The molecule has 0 radical (unpaired) electrons. The molecule has 3 N–H and O–H groups in total. The van der Waals surface area contributed by atoms with Gasteiger partial charge in [-0.05, 0) is 27.3 Å². The Morgan fingerprint density at radius 3 is 2.25 bits per heavy atom. The van der Waals surface area contributed by atoms with Crippen molar-refractivity contribution in [1.82, 2.24) is 16.0 Å². The van der Waals surface area contributed by atoms with Gasteiger partial charge < -0.3 is 16.0 Å². The molecule has 0 fully saturated rings. The fourth-order valence-electron chi connectivity index (χ4n) is 1.10. The number of hydrogen-bond donors (Lipinski definition) is 3. The van der Waals surface area contributed by atoms with E-state index in [9.17, 15) is 9.59 Å². The van der Waals surface area contributed by atoms with E-state index in [1.807, 2.05) is 27.7 Å². The van der Waals surface area contributed by atoms with Crippen molar-refractivity contribution in [3.8, 4) is 0 Å². The molecule has 0 heterocycles. The molecule has 0 rings (SSSR count). The zero-order valence-corrected chi connectivity index (χ0v) is 10.6. The molecule has 16 heavy (non-hydrogen) atoms. The number of carbonyl (C=O) groups excluding carboxylic acids is 2. The summed E-state index contributed by atoms with van der Waals surface area (Å²) >= 11 is 0.